The zero-order chi connectivity index (χ0) is 30.1. The molecule has 2 atom stereocenters. The Bertz CT molecular complexity index is 1690. The molecule has 0 spiro atoms. The summed E-state index contributed by atoms with van der Waals surface area (Å²) in [5, 5.41) is 3.56. The summed E-state index contributed by atoms with van der Waals surface area (Å²) in [4.78, 5) is 42.0. The second kappa shape index (κ2) is 12.0. The maximum absolute atomic E-state index is 15.7. The number of nitrogens with zero attached hydrogens (tertiary/aromatic N) is 4. The number of aromatic amines is 1. The molecule has 6 rings (SSSR count). The Balaban J connectivity index is 1.37. The molecule has 0 aliphatic carbocycles. The van der Waals surface area contributed by atoms with Gasteiger partial charge in [0.1, 0.15) is 17.4 Å². The Morgan fingerprint density at radius 2 is 1.86 bits per heavy atom. The van der Waals surface area contributed by atoms with Gasteiger partial charge in [-0.25, -0.2) is 14.4 Å². The first-order valence-corrected chi connectivity index (χ1v) is 14.6. The van der Waals surface area contributed by atoms with Gasteiger partial charge < -0.3 is 29.6 Å². The van der Waals surface area contributed by atoms with Crippen molar-refractivity contribution in [1.82, 2.24) is 19.9 Å². The third kappa shape index (κ3) is 5.64. The van der Waals surface area contributed by atoms with E-state index in [1.165, 1.54) is 25.4 Å². The van der Waals surface area contributed by atoms with E-state index in [2.05, 4.69) is 39.0 Å². The van der Waals surface area contributed by atoms with Crippen LogP contribution in [0.2, 0.25) is 0 Å². The number of pyridine rings is 3. The van der Waals surface area contributed by atoms with Crippen LogP contribution in [0.25, 0.3) is 22.2 Å². The summed E-state index contributed by atoms with van der Waals surface area (Å²) < 4.78 is 26.9. The Labute approximate surface area is 248 Å². The van der Waals surface area contributed by atoms with Crippen molar-refractivity contribution in [3.8, 4) is 17.0 Å². The maximum Gasteiger partial charge on any atom is 0.259 e. The molecular weight excluding hydrogens is 551 g/mol. The normalized spacial score (nSPS) is 19.0. The van der Waals surface area contributed by atoms with E-state index < -0.39 is 5.82 Å². The van der Waals surface area contributed by atoms with Gasteiger partial charge in [-0.2, -0.15) is 0 Å². The van der Waals surface area contributed by atoms with E-state index in [-0.39, 0.29) is 46.1 Å². The van der Waals surface area contributed by atoms with Crippen LogP contribution in [0, 0.1) is 5.82 Å². The summed E-state index contributed by atoms with van der Waals surface area (Å²) in [5.74, 6) is -0.0876. The van der Waals surface area contributed by atoms with Crippen LogP contribution < -0.4 is 20.5 Å². The lowest BCUT2D eigenvalue weighted by Gasteiger charge is -2.40. The molecule has 43 heavy (non-hydrogen) atoms. The average molecular weight is 587 g/mol. The molecule has 0 saturated carbocycles. The van der Waals surface area contributed by atoms with Crippen LogP contribution in [-0.2, 0) is 4.74 Å². The number of halogens is 1. The summed E-state index contributed by atoms with van der Waals surface area (Å²) in [6.45, 7) is 6.80. The van der Waals surface area contributed by atoms with Gasteiger partial charge in [-0.15, -0.1) is 0 Å². The van der Waals surface area contributed by atoms with Crippen LogP contribution in [0.15, 0.2) is 53.6 Å². The van der Waals surface area contributed by atoms with E-state index in [1.807, 2.05) is 12.1 Å². The molecule has 2 aliphatic heterocycles. The minimum absolute atomic E-state index is 0.149. The second-order valence-corrected chi connectivity index (χ2v) is 11.2. The van der Waals surface area contributed by atoms with Gasteiger partial charge >= 0.3 is 0 Å². The van der Waals surface area contributed by atoms with Gasteiger partial charge in [-0.3, -0.25) is 9.59 Å². The van der Waals surface area contributed by atoms with Crippen LogP contribution in [0.3, 0.4) is 0 Å². The molecule has 0 bridgehead atoms. The fraction of sp³-hybridized carbons (Fsp3) is 0.375. The monoisotopic (exact) mass is 586 g/mol. The van der Waals surface area contributed by atoms with Crippen LogP contribution in [0.4, 0.5) is 21.6 Å². The van der Waals surface area contributed by atoms with Crippen molar-refractivity contribution in [3.63, 3.8) is 0 Å². The second-order valence-electron chi connectivity index (χ2n) is 11.2. The summed E-state index contributed by atoms with van der Waals surface area (Å²) >= 11 is 0. The van der Waals surface area contributed by atoms with Gasteiger partial charge in [0.25, 0.3) is 11.5 Å². The number of nitrogens with one attached hydrogen (secondary N) is 2. The minimum atomic E-state index is -0.611. The van der Waals surface area contributed by atoms with E-state index in [4.69, 9.17) is 9.47 Å². The van der Waals surface area contributed by atoms with Gasteiger partial charge in [0.05, 0.1) is 60.1 Å². The predicted molar refractivity (Wildman–Crippen MR) is 164 cm³/mol. The third-order valence-electron chi connectivity index (χ3n) is 8.15. The first-order valence-electron chi connectivity index (χ1n) is 14.6. The van der Waals surface area contributed by atoms with E-state index in [0.717, 1.165) is 24.9 Å². The number of piperidine rings is 1. The fourth-order valence-electron chi connectivity index (χ4n) is 6.05. The zero-order valence-corrected chi connectivity index (χ0v) is 24.5. The smallest absolute Gasteiger partial charge is 0.259 e. The summed E-state index contributed by atoms with van der Waals surface area (Å²) in [7, 11) is 1.46. The number of carbonyl (C=O) groups excluding carboxylic acids is 1. The summed E-state index contributed by atoms with van der Waals surface area (Å²) in [5.41, 5.74) is 2.03. The van der Waals surface area contributed by atoms with Gasteiger partial charge in [0.15, 0.2) is 0 Å². The van der Waals surface area contributed by atoms with E-state index in [1.54, 1.807) is 23.2 Å². The number of rotatable bonds is 6. The molecule has 4 aromatic rings. The van der Waals surface area contributed by atoms with Crippen LogP contribution in [0.1, 0.15) is 43.5 Å². The number of amides is 1. The van der Waals surface area contributed by atoms with Crippen molar-refractivity contribution < 1.29 is 18.7 Å². The lowest BCUT2D eigenvalue weighted by atomic mass is 10.0. The van der Waals surface area contributed by atoms with Crippen molar-refractivity contribution in [2.75, 3.05) is 43.6 Å². The quantitative estimate of drug-likeness (QED) is 0.320. The predicted octanol–water partition coefficient (Wildman–Crippen LogP) is 5.12. The lowest BCUT2D eigenvalue weighted by Crippen LogP contribution is -2.49. The first kappa shape index (κ1) is 28.6. The minimum Gasteiger partial charge on any atom is -0.496 e. The molecule has 11 heteroatoms. The number of H-pyrrole nitrogens is 1. The van der Waals surface area contributed by atoms with Gasteiger partial charge in [-0.1, -0.05) is 0 Å². The fourth-order valence-corrected chi connectivity index (χ4v) is 6.05. The van der Waals surface area contributed by atoms with Crippen molar-refractivity contribution in [1.29, 1.82) is 0 Å². The highest BCUT2D eigenvalue weighted by atomic mass is 19.1. The SMILES string of the molecule is COc1cc(-c2cc(Nc3ccc(N4[C@H](C)COC[C@H]4C)cn3)c3c(=O)[nH]ccc3n2)c(F)cc1C(=O)N1CCCCC1. The van der Waals surface area contributed by atoms with Crippen LogP contribution in [-0.4, -0.2) is 71.3 Å². The maximum atomic E-state index is 15.7. The number of fused-ring (bicyclic) bond motifs is 1. The highest BCUT2D eigenvalue weighted by Crippen LogP contribution is 2.34. The van der Waals surface area contributed by atoms with Crippen molar-refractivity contribution >= 4 is 34.0 Å². The Morgan fingerprint density at radius 3 is 2.56 bits per heavy atom. The van der Waals surface area contributed by atoms with E-state index >= 15 is 4.39 Å². The van der Waals surface area contributed by atoms with Gasteiger partial charge in [0.2, 0.25) is 0 Å². The Hall–Kier alpha value is -4.51. The molecule has 0 unspecified atom stereocenters. The Kier molecular flexibility index (Phi) is 7.98. The average Bonchev–Trinajstić information content (AvgIpc) is 3.01. The molecule has 10 nitrogen and oxygen atoms in total. The molecular formula is C32H35FN6O4. The number of hydrogen-bond donors (Lipinski definition) is 2. The number of methoxy groups -OCH3 is 1. The van der Waals surface area contributed by atoms with E-state index in [9.17, 15) is 9.59 Å². The van der Waals surface area contributed by atoms with Crippen molar-refractivity contribution in [2.24, 2.45) is 0 Å². The van der Waals surface area contributed by atoms with Crippen molar-refractivity contribution in [3.05, 3.63) is 70.5 Å². The number of morpholine rings is 1. The number of ether oxygens (including phenoxy) is 2. The largest absolute Gasteiger partial charge is 0.496 e. The third-order valence-corrected chi connectivity index (χ3v) is 8.15. The number of carbonyl (C=O) groups is 1. The molecule has 0 radical (unpaired) electrons. The first-order chi connectivity index (χ1) is 20.8. The molecule has 5 heterocycles. The summed E-state index contributed by atoms with van der Waals surface area (Å²) in [6, 6.07) is 10.2. The molecule has 2 N–H and O–H groups in total. The lowest BCUT2D eigenvalue weighted by molar-refractivity contribution is 0.0720. The van der Waals surface area contributed by atoms with Gasteiger partial charge in [0, 0.05) is 36.9 Å². The number of hydrogen-bond acceptors (Lipinski definition) is 8. The van der Waals surface area contributed by atoms with Gasteiger partial charge in [-0.05, 0) is 69.5 Å². The number of likely N-dealkylation sites (tertiary alicyclic amines) is 1. The summed E-state index contributed by atoms with van der Waals surface area (Å²) in [6.07, 6.45) is 6.21. The number of aromatic nitrogens is 3. The molecule has 224 valence electrons. The number of anilines is 3. The molecule has 2 fully saturated rings. The molecule has 2 aliphatic rings. The Morgan fingerprint density at radius 1 is 1.09 bits per heavy atom. The standard InChI is InChI=1S/C32H35FN6O4/c1-19-17-43-18-20(2)39(19)21-7-8-29(35-16-21)37-27-15-26(36-25-9-10-34-31(40)30(25)27)22-14-28(42-3)23(13-24(22)33)32(41)38-11-5-4-6-12-38/h7-10,13-16,19-20H,4-6,11-12,17-18H2,1-3H3,(H,34,40)(H,35,36,37)/t19-,20-/m1/s1. The zero-order valence-electron chi connectivity index (χ0n) is 24.5. The van der Waals surface area contributed by atoms with Crippen LogP contribution >= 0.6 is 0 Å². The number of benzene rings is 1. The highest BCUT2D eigenvalue weighted by Gasteiger charge is 2.27. The molecule has 3 aromatic heterocycles. The topological polar surface area (TPSA) is 113 Å². The van der Waals surface area contributed by atoms with E-state index in [0.29, 0.717) is 48.7 Å². The highest BCUT2D eigenvalue weighted by molar-refractivity contribution is 5.98. The molecule has 1 aromatic carbocycles. The molecule has 1 amide bonds. The van der Waals surface area contributed by atoms with Crippen LogP contribution in [0.5, 0.6) is 5.75 Å². The molecule has 2 saturated heterocycles. The van der Waals surface area contributed by atoms with Crippen molar-refractivity contribution in [2.45, 2.75) is 45.2 Å².